The number of amides is 1. The molecule has 0 unspecified atom stereocenters. The first-order valence-electron chi connectivity index (χ1n) is 6.81. The van der Waals surface area contributed by atoms with E-state index in [0.29, 0.717) is 6.54 Å². The average Bonchev–Trinajstić information content (AvgIpc) is 2.82. The van der Waals surface area contributed by atoms with Crippen molar-refractivity contribution < 1.29 is 4.79 Å². The Morgan fingerprint density at radius 3 is 2.35 bits per heavy atom. The zero-order valence-corrected chi connectivity index (χ0v) is 11.7. The lowest BCUT2D eigenvalue weighted by atomic mass is 9.93. The van der Waals surface area contributed by atoms with E-state index in [0.717, 1.165) is 27.8 Å². The molecule has 1 heterocycles. The van der Waals surface area contributed by atoms with Gasteiger partial charge < -0.3 is 5.32 Å². The normalized spacial score (nSPS) is 14.6. The molecule has 1 aliphatic rings. The van der Waals surface area contributed by atoms with Gasteiger partial charge in [0, 0.05) is 6.54 Å². The van der Waals surface area contributed by atoms with Crippen LogP contribution < -0.4 is 5.32 Å². The standard InChI is InChI=1S/C18H17NO/c1-12-7-9-14(10-8-12)16-11-19-18(20)17(16)15-6-4-3-5-13(15)2/h3-10H,11H2,1-2H3,(H,19,20). The number of rotatable bonds is 2. The molecule has 0 saturated carbocycles. The Balaban J connectivity index is 2.18. The van der Waals surface area contributed by atoms with Crippen LogP contribution in [0.4, 0.5) is 0 Å². The quantitative estimate of drug-likeness (QED) is 0.884. The van der Waals surface area contributed by atoms with Crippen molar-refractivity contribution in [3.05, 3.63) is 70.8 Å². The van der Waals surface area contributed by atoms with Crippen LogP contribution in [-0.4, -0.2) is 12.5 Å². The maximum Gasteiger partial charge on any atom is 0.252 e. The maximum atomic E-state index is 12.2. The number of nitrogens with one attached hydrogen (secondary N) is 1. The van der Waals surface area contributed by atoms with Crippen molar-refractivity contribution in [1.82, 2.24) is 5.32 Å². The second-order valence-corrected chi connectivity index (χ2v) is 5.22. The third kappa shape index (κ3) is 2.14. The number of hydrogen-bond acceptors (Lipinski definition) is 1. The molecule has 0 bridgehead atoms. The van der Waals surface area contributed by atoms with Gasteiger partial charge in [-0.1, -0.05) is 54.1 Å². The van der Waals surface area contributed by atoms with Crippen LogP contribution in [0.15, 0.2) is 48.5 Å². The minimum atomic E-state index is 0.0230. The molecule has 1 N–H and O–H groups in total. The lowest BCUT2D eigenvalue weighted by Gasteiger charge is -2.08. The Morgan fingerprint density at radius 2 is 1.65 bits per heavy atom. The molecule has 0 aliphatic carbocycles. The molecule has 2 aromatic carbocycles. The first kappa shape index (κ1) is 12.7. The minimum Gasteiger partial charge on any atom is -0.348 e. The molecule has 3 rings (SSSR count). The largest absolute Gasteiger partial charge is 0.348 e. The highest BCUT2D eigenvalue weighted by molar-refractivity contribution is 6.30. The highest BCUT2D eigenvalue weighted by Gasteiger charge is 2.25. The van der Waals surface area contributed by atoms with Crippen LogP contribution in [0.2, 0.25) is 0 Å². The molecule has 1 amide bonds. The predicted molar refractivity (Wildman–Crippen MR) is 82.2 cm³/mol. The molecular weight excluding hydrogens is 246 g/mol. The first-order chi connectivity index (χ1) is 9.66. The number of carbonyl (C=O) groups is 1. The van der Waals surface area contributed by atoms with Gasteiger partial charge in [-0.2, -0.15) is 0 Å². The third-order valence-electron chi connectivity index (χ3n) is 3.77. The first-order valence-corrected chi connectivity index (χ1v) is 6.81. The van der Waals surface area contributed by atoms with Crippen molar-refractivity contribution in [3.8, 4) is 0 Å². The third-order valence-corrected chi connectivity index (χ3v) is 3.77. The molecule has 0 radical (unpaired) electrons. The molecule has 0 aromatic heterocycles. The number of aryl methyl sites for hydroxylation is 2. The highest BCUT2D eigenvalue weighted by atomic mass is 16.1. The summed E-state index contributed by atoms with van der Waals surface area (Å²) in [6, 6.07) is 16.4. The zero-order chi connectivity index (χ0) is 14.1. The summed E-state index contributed by atoms with van der Waals surface area (Å²) in [6.45, 7) is 4.71. The fraction of sp³-hybridized carbons (Fsp3) is 0.167. The Bertz CT molecular complexity index is 696. The highest BCUT2D eigenvalue weighted by Crippen LogP contribution is 2.31. The lowest BCUT2D eigenvalue weighted by Crippen LogP contribution is -2.17. The Hall–Kier alpha value is -2.35. The van der Waals surface area contributed by atoms with E-state index in [1.165, 1.54) is 5.56 Å². The van der Waals surface area contributed by atoms with Gasteiger partial charge in [0.2, 0.25) is 0 Å². The van der Waals surface area contributed by atoms with Crippen LogP contribution in [0.25, 0.3) is 11.1 Å². The lowest BCUT2D eigenvalue weighted by molar-refractivity contribution is -0.114. The van der Waals surface area contributed by atoms with E-state index in [2.05, 4.69) is 36.5 Å². The van der Waals surface area contributed by atoms with E-state index in [9.17, 15) is 4.79 Å². The van der Waals surface area contributed by atoms with Crippen molar-refractivity contribution in [2.24, 2.45) is 0 Å². The molecule has 2 nitrogen and oxygen atoms in total. The van der Waals surface area contributed by atoms with Crippen LogP contribution in [0.5, 0.6) is 0 Å². The van der Waals surface area contributed by atoms with Gasteiger partial charge in [0.05, 0.1) is 5.57 Å². The Labute approximate surface area is 119 Å². The molecule has 100 valence electrons. The van der Waals surface area contributed by atoms with E-state index < -0.39 is 0 Å². The van der Waals surface area contributed by atoms with Gasteiger partial charge in [-0.05, 0) is 36.1 Å². The fourth-order valence-corrected chi connectivity index (χ4v) is 2.62. The summed E-state index contributed by atoms with van der Waals surface area (Å²) in [6.07, 6.45) is 0. The van der Waals surface area contributed by atoms with Gasteiger partial charge >= 0.3 is 0 Å². The smallest absolute Gasteiger partial charge is 0.252 e. The van der Waals surface area contributed by atoms with E-state index in [1.54, 1.807) is 0 Å². The summed E-state index contributed by atoms with van der Waals surface area (Å²) >= 11 is 0. The van der Waals surface area contributed by atoms with Crippen molar-refractivity contribution >= 4 is 17.1 Å². The molecular formula is C18H17NO. The van der Waals surface area contributed by atoms with Crippen molar-refractivity contribution in [2.75, 3.05) is 6.54 Å². The zero-order valence-electron chi connectivity index (χ0n) is 11.7. The van der Waals surface area contributed by atoms with Crippen molar-refractivity contribution in [2.45, 2.75) is 13.8 Å². The number of carbonyl (C=O) groups excluding carboxylic acids is 1. The second-order valence-electron chi connectivity index (χ2n) is 5.22. The summed E-state index contributed by atoms with van der Waals surface area (Å²) in [5.74, 6) is 0.0230. The van der Waals surface area contributed by atoms with Crippen LogP contribution >= 0.6 is 0 Å². The molecule has 0 spiro atoms. The monoisotopic (exact) mass is 263 g/mol. The molecule has 0 atom stereocenters. The Morgan fingerprint density at radius 1 is 0.950 bits per heavy atom. The van der Waals surface area contributed by atoms with E-state index >= 15 is 0 Å². The second kappa shape index (κ2) is 4.97. The van der Waals surface area contributed by atoms with Crippen LogP contribution in [0.3, 0.4) is 0 Å². The average molecular weight is 263 g/mol. The van der Waals surface area contributed by atoms with E-state index in [-0.39, 0.29) is 5.91 Å². The summed E-state index contributed by atoms with van der Waals surface area (Å²) in [5, 5.41) is 2.95. The van der Waals surface area contributed by atoms with Crippen LogP contribution in [-0.2, 0) is 4.79 Å². The molecule has 0 saturated heterocycles. The van der Waals surface area contributed by atoms with E-state index in [4.69, 9.17) is 0 Å². The van der Waals surface area contributed by atoms with Gasteiger partial charge in [0.15, 0.2) is 0 Å². The summed E-state index contributed by atoms with van der Waals surface area (Å²) in [4.78, 5) is 12.2. The molecule has 0 fully saturated rings. The van der Waals surface area contributed by atoms with Crippen molar-refractivity contribution in [3.63, 3.8) is 0 Å². The van der Waals surface area contributed by atoms with Gasteiger partial charge in [0.1, 0.15) is 0 Å². The van der Waals surface area contributed by atoms with Crippen molar-refractivity contribution in [1.29, 1.82) is 0 Å². The summed E-state index contributed by atoms with van der Waals surface area (Å²) in [7, 11) is 0. The summed E-state index contributed by atoms with van der Waals surface area (Å²) < 4.78 is 0. The molecule has 1 aliphatic heterocycles. The van der Waals surface area contributed by atoms with Gasteiger partial charge in [-0.15, -0.1) is 0 Å². The van der Waals surface area contributed by atoms with Gasteiger partial charge in [0.25, 0.3) is 5.91 Å². The molecule has 2 aromatic rings. The van der Waals surface area contributed by atoms with Gasteiger partial charge in [-0.25, -0.2) is 0 Å². The fourth-order valence-electron chi connectivity index (χ4n) is 2.62. The predicted octanol–water partition coefficient (Wildman–Crippen LogP) is 3.34. The van der Waals surface area contributed by atoms with Gasteiger partial charge in [-0.3, -0.25) is 4.79 Å². The number of benzene rings is 2. The molecule has 2 heteroatoms. The minimum absolute atomic E-state index is 0.0230. The topological polar surface area (TPSA) is 29.1 Å². The summed E-state index contributed by atoms with van der Waals surface area (Å²) in [5.41, 5.74) is 6.40. The Kier molecular flexibility index (Phi) is 3.15. The van der Waals surface area contributed by atoms with Crippen LogP contribution in [0.1, 0.15) is 22.3 Å². The van der Waals surface area contributed by atoms with Crippen LogP contribution in [0, 0.1) is 13.8 Å². The SMILES string of the molecule is Cc1ccc(C2=C(c3ccccc3C)C(=O)NC2)cc1. The molecule has 20 heavy (non-hydrogen) atoms. The van der Waals surface area contributed by atoms with E-state index in [1.807, 2.05) is 31.2 Å². The number of hydrogen-bond donors (Lipinski definition) is 1. The maximum absolute atomic E-state index is 12.2.